The number of nitrogens with zero attached hydrogens (tertiary/aromatic N) is 3. The summed E-state index contributed by atoms with van der Waals surface area (Å²) in [5.41, 5.74) is 5.90. The molecule has 0 aliphatic rings. The molecule has 0 atom stereocenters. The molecule has 0 saturated carbocycles. The normalized spacial score (nSPS) is 10.7. The molecule has 5 aromatic rings. The van der Waals surface area contributed by atoms with E-state index in [0.29, 0.717) is 17.2 Å². The fourth-order valence-electron chi connectivity index (χ4n) is 3.86. The molecule has 0 bridgehead atoms. The molecule has 0 radical (unpaired) electrons. The van der Waals surface area contributed by atoms with Crippen LogP contribution in [-0.4, -0.2) is 26.6 Å². The van der Waals surface area contributed by atoms with Crippen molar-refractivity contribution in [1.82, 2.24) is 14.8 Å². The summed E-state index contributed by atoms with van der Waals surface area (Å²) in [5.74, 6) is -0.333. The number of rotatable bonds is 7. The highest BCUT2D eigenvalue weighted by Gasteiger charge is 2.15. The molecule has 2 heterocycles. The molecule has 0 aliphatic heterocycles. The zero-order chi connectivity index (χ0) is 24.9. The van der Waals surface area contributed by atoms with Crippen LogP contribution in [0.1, 0.15) is 22.8 Å². The minimum absolute atomic E-state index is 0.119. The van der Waals surface area contributed by atoms with Crippen LogP contribution in [0.4, 0.5) is 10.8 Å². The summed E-state index contributed by atoms with van der Waals surface area (Å²) in [5, 5.41) is 12.3. The van der Waals surface area contributed by atoms with Gasteiger partial charge in [0.05, 0.1) is 12.2 Å². The Kier molecular flexibility index (Phi) is 6.68. The number of nitrogens with one attached hydrogen (secondary N) is 2. The fraction of sp³-hybridized carbons (Fsp3) is 0.0714. The van der Waals surface area contributed by atoms with Gasteiger partial charge in [-0.2, -0.15) is 5.10 Å². The first-order valence-corrected chi connectivity index (χ1v) is 12.2. The van der Waals surface area contributed by atoms with Gasteiger partial charge in [0.1, 0.15) is 0 Å². The van der Waals surface area contributed by atoms with E-state index in [4.69, 9.17) is 0 Å². The Hall–Kier alpha value is -4.56. The first-order valence-electron chi connectivity index (χ1n) is 11.4. The van der Waals surface area contributed by atoms with Crippen molar-refractivity contribution >= 4 is 34.0 Å². The van der Waals surface area contributed by atoms with Gasteiger partial charge in [0.15, 0.2) is 5.13 Å². The number of carbonyl (C=O) groups excluding carboxylic acids is 2. The molecular formula is C28H23N5O2S. The summed E-state index contributed by atoms with van der Waals surface area (Å²) < 4.78 is 1.87. The van der Waals surface area contributed by atoms with Crippen LogP contribution in [0.25, 0.3) is 22.4 Å². The number of thiazole rings is 1. The SMILES string of the molecule is CC(=O)Nc1ccc(-c2csc(NC(=O)c3ccccc3-c3ccc(Cn4cccn4)cc3)n2)cc1. The lowest BCUT2D eigenvalue weighted by Gasteiger charge is -2.10. The standard InChI is InChI=1S/C28H23N5O2S/c1-19(34)30-23-13-11-22(12-14-23)26-18-36-28(31-26)32-27(35)25-6-3-2-5-24(25)21-9-7-20(8-10-21)17-33-16-4-15-29-33/h2-16,18H,17H2,1H3,(H,30,34)(H,31,32,35). The Morgan fingerprint density at radius 3 is 2.36 bits per heavy atom. The number of aromatic nitrogens is 3. The van der Waals surface area contributed by atoms with Crippen molar-refractivity contribution in [1.29, 1.82) is 0 Å². The maximum atomic E-state index is 13.2. The number of benzene rings is 3. The molecular weight excluding hydrogens is 470 g/mol. The summed E-state index contributed by atoms with van der Waals surface area (Å²) in [6, 6.07) is 25.0. The molecule has 7 nitrogen and oxygen atoms in total. The lowest BCUT2D eigenvalue weighted by molar-refractivity contribution is -0.114. The summed E-state index contributed by atoms with van der Waals surface area (Å²) in [6.07, 6.45) is 3.69. The smallest absolute Gasteiger partial charge is 0.258 e. The van der Waals surface area contributed by atoms with Crippen molar-refractivity contribution in [2.45, 2.75) is 13.5 Å². The lowest BCUT2D eigenvalue weighted by atomic mass is 9.98. The van der Waals surface area contributed by atoms with E-state index >= 15 is 0 Å². The van der Waals surface area contributed by atoms with Crippen molar-refractivity contribution < 1.29 is 9.59 Å². The zero-order valence-corrected chi connectivity index (χ0v) is 20.3. The van der Waals surface area contributed by atoms with Gasteiger partial charge in [-0.15, -0.1) is 11.3 Å². The summed E-state index contributed by atoms with van der Waals surface area (Å²) in [7, 11) is 0. The van der Waals surface area contributed by atoms with Crippen LogP contribution in [-0.2, 0) is 11.3 Å². The number of hydrogen-bond donors (Lipinski definition) is 2. The van der Waals surface area contributed by atoms with Gasteiger partial charge in [0, 0.05) is 41.5 Å². The van der Waals surface area contributed by atoms with E-state index in [-0.39, 0.29) is 11.8 Å². The Morgan fingerprint density at radius 2 is 1.64 bits per heavy atom. The monoisotopic (exact) mass is 493 g/mol. The predicted molar refractivity (Wildman–Crippen MR) is 143 cm³/mol. The Bertz CT molecular complexity index is 1490. The molecule has 0 fully saturated rings. The summed E-state index contributed by atoms with van der Waals surface area (Å²) in [4.78, 5) is 29.0. The van der Waals surface area contributed by atoms with Gasteiger partial charge >= 0.3 is 0 Å². The molecule has 0 saturated heterocycles. The molecule has 36 heavy (non-hydrogen) atoms. The van der Waals surface area contributed by atoms with E-state index in [1.165, 1.54) is 18.3 Å². The van der Waals surface area contributed by atoms with Crippen LogP contribution in [0.5, 0.6) is 0 Å². The maximum Gasteiger partial charge on any atom is 0.258 e. The average molecular weight is 494 g/mol. The molecule has 0 aliphatic carbocycles. The molecule has 2 amide bonds. The van der Waals surface area contributed by atoms with E-state index < -0.39 is 0 Å². The van der Waals surface area contributed by atoms with Gasteiger partial charge in [-0.1, -0.05) is 54.6 Å². The second-order valence-corrected chi connectivity index (χ2v) is 9.05. The quantitative estimate of drug-likeness (QED) is 0.294. The summed E-state index contributed by atoms with van der Waals surface area (Å²) >= 11 is 1.37. The maximum absolute atomic E-state index is 13.2. The minimum atomic E-state index is -0.215. The van der Waals surface area contributed by atoms with Crippen molar-refractivity contribution in [2.75, 3.05) is 10.6 Å². The fourth-order valence-corrected chi connectivity index (χ4v) is 4.57. The van der Waals surface area contributed by atoms with Gasteiger partial charge in [0.25, 0.3) is 5.91 Å². The lowest BCUT2D eigenvalue weighted by Crippen LogP contribution is -2.13. The Labute approximate surface area is 212 Å². The number of amides is 2. The molecule has 2 aromatic heterocycles. The Balaban J connectivity index is 1.30. The highest BCUT2D eigenvalue weighted by molar-refractivity contribution is 7.14. The van der Waals surface area contributed by atoms with Crippen LogP contribution in [0.15, 0.2) is 96.6 Å². The summed E-state index contributed by atoms with van der Waals surface area (Å²) in [6.45, 7) is 2.16. The van der Waals surface area contributed by atoms with Crippen molar-refractivity contribution in [3.63, 3.8) is 0 Å². The van der Waals surface area contributed by atoms with Crippen molar-refractivity contribution in [3.05, 3.63) is 108 Å². The molecule has 3 aromatic carbocycles. The van der Waals surface area contributed by atoms with E-state index in [2.05, 4.69) is 32.8 Å². The topological polar surface area (TPSA) is 88.9 Å². The van der Waals surface area contributed by atoms with Crippen LogP contribution >= 0.6 is 11.3 Å². The van der Waals surface area contributed by atoms with Crippen molar-refractivity contribution in [3.8, 4) is 22.4 Å². The van der Waals surface area contributed by atoms with Gasteiger partial charge in [-0.25, -0.2) is 4.98 Å². The predicted octanol–water partition coefficient (Wildman–Crippen LogP) is 5.93. The first-order chi connectivity index (χ1) is 17.5. The highest BCUT2D eigenvalue weighted by Crippen LogP contribution is 2.28. The van der Waals surface area contributed by atoms with Crippen LogP contribution in [0.3, 0.4) is 0 Å². The molecule has 0 spiro atoms. The van der Waals surface area contributed by atoms with Crippen LogP contribution in [0, 0.1) is 0 Å². The number of anilines is 2. The van der Waals surface area contributed by atoms with Gasteiger partial charge < -0.3 is 5.32 Å². The molecule has 5 rings (SSSR count). The first kappa shape index (κ1) is 23.2. The molecule has 8 heteroatoms. The third-order valence-electron chi connectivity index (χ3n) is 5.57. The van der Waals surface area contributed by atoms with E-state index in [0.717, 1.165) is 33.6 Å². The largest absolute Gasteiger partial charge is 0.326 e. The van der Waals surface area contributed by atoms with Crippen LogP contribution < -0.4 is 10.6 Å². The highest BCUT2D eigenvalue weighted by atomic mass is 32.1. The zero-order valence-electron chi connectivity index (χ0n) is 19.5. The van der Waals surface area contributed by atoms with E-state index in [9.17, 15) is 9.59 Å². The molecule has 2 N–H and O–H groups in total. The van der Waals surface area contributed by atoms with E-state index in [1.54, 1.807) is 6.20 Å². The van der Waals surface area contributed by atoms with E-state index in [1.807, 2.05) is 83.0 Å². The number of carbonyl (C=O) groups is 2. The van der Waals surface area contributed by atoms with Gasteiger partial charge in [0.2, 0.25) is 5.91 Å². The second kappa shape index (κ2) is 10.4. The third-order valence-corrected chi connectivity index (χ3v) is 6.32. The molecule has 178 valence electrons. The second-order valence-electron chi connectivity index (χ2n) is 8.20. The minimum Gasteiger partial charge on any atom is -0.326 e. The molecule has 0 unspecified atom stereocenters. The van der Waals surface area contributed by atoms with Crippen LogP contribution in [0.2, 0.25) is 0 Å². The van der Waals surface area contributed by atoms with Gasteiger partial charge in [-0.3, -0.25) is 19.6 Å². The third kappa shape index (κ3) is 5.39. The Morgan fingerprint density at radius 1 is 0.889 bits per heavy atom. The average Bonchev–Trinajstić information content (AvgIpc) is 3.57. The number of hydrogen-bond acceptors (Lipinski definition) is 5. The van der Waals surface area contributed by atoms with Gasteiger partial charge in [-0.05, 0) is 41.0 Å². The van der Waals surface area contributed by atoms with Crippen molar-refractivity contribution in [2.24, 2.45) is 0 Å².